The fourth-order valence-electron chi connectivity index (χ4n) is 4.41. The summed E-state index contributed by atoms with van der Waals surface area (Å²) < 4.78 is 0. The van der Waals surface area contributed by atoms with Crippen LogP contribution in [0.1, 0.15) is 41.7 Å². The first-order valence-corrected chi connectivity index (χ1v) is 7.44. The number of hydrogen-bond acceptors (Lipinski definition) is 1. The Balaban J connectivity index is 2.01. The highest BCUT2D eigenvalue weighted by molar-refractivity contribution is 5.73. The molecule has 1 nitrogen and oxygen atoms in total. The maximum Gasteiger partial charge on any atom is 0.0697 e. The number of fused-ring (bicyclic) bond motifs is 5. The van der Waals surface area contributed by atoms with Gasteiger partial charge in [0, 0.05) is 11.1 Å². The molecule has 2 aromatic carbocycles. The topological polar surface area (TPSA) is 12.0 Å². The van der Waals surface area contributed by atoms with Crippen molar-refractivity contribution >= 4 is 5.69 Å². The second-order valence-electron chi connectivity index (χ2n) is 6.92. The van der Waals surface area contributed by atoms with Gasteiger partial charge in [-0.05, 0) is 49.4 Å². The van der Waals surface area contributed by atoms with Gasteiger partial charge in [-0.1, -0.05) is 48.9 Å². The lowest BCUT2D eigenvalue weighted by Gasteiger charge is -2.36. The quantitative estimate of drug-likeness (QED) is 0.740. The van der Waals surface area contributed by atoms with E-state index in [1.165, 1.54) is 33.5 Å². The average Bonchev–Trinajstić information content (AvgIpc) is 2.75. The molecule has 20 heavy (non-hydrogen) atoms. The molecule has 1 aliphatic heterocycles. The van der Waals surface area contributed by atoms with Crippen molar-refractivity contribution in [2.45, 2.75) is 45.1 Å². The van der Waals surface area contributed by atoms with Crippen LogP contribution in [-0.4, -0.2) is 0 Å². The summed E-state index contributed by atoms with van der Waals surface area (Å²) in [6.45, 7) is 9.21. The molecule has 2 unspecified atom stereocenters. The van der Waals surface area contributed by atoms with E-state index in [1.807, 2.05) is 0 Å². The van der Waals surface area contributed by atoms with Crippen LogP contribution in [-0.2, 0) is 17.4 Å². The first-order valence-electron chi connectivity index (χ1n) is 7.44. The molecular weight excluding hydrogens is 242 g/mol. The molecule has 0 fully saturated rings. The highest BCUT2D eigenvalue weighted by Gasteiger charge is 2.57. The van der Waals surface area contributed by atoms with Crippen LogP contribution in [0.5, 0.6) is 0 Å². The molecule has 4 rings (SSSR count). The second-order valence-corrected chi connectivity index (χ2v) is 6.92. The Morgan fingerprint density at radius 1 is 1.00 bits per heavy atom. The maximum atomic E-state index is 3.86. The SMILES string of the molecule is Cc1cc(C)c2c(c1)C1(C)Cc3ccccc3C1(C)N2. The smallest absolute Gasteiger partial charge is 0.0697 e. The van der Waals surface area contributed by atoms with Gasteiger partial charge in [-0.25, -0.2) is 0 Å². The summed E-state index contributed by atoms with van der Waals surface area (Å²) in [4.78, 5) is 0. The van der Waals surface area contributed by atoms with Crippen molar-refractivity contribution in [3.63, 3.8) is 0 Å². The monoisotopic (exact) mass is 263 g/mol. The molecule has 2 aliphatic rings. The summed E-state index contributed by atoms with van der Waals surface area (Å²) in [7, 11) is 0. The molecule has 0 saturated carbocycles. The van der Waals surface area contributed by atoms with E-state index in [0.29, 0.717) is 0 Å². The highest BCUT2D eigenvalue weighted by Crippen LogP contribution is 2.59. The molecule has 0 radical (unpaired) electrons. The van der Waals surface area contributed by atoms with Gasteiger partial charge in [0.2, 0.25) is 0 Å². The largest absolute Gasteiger partial charge is 0.374 e. The third kappa shape index (κ3) is 1.19. The summed E-state index contributed by atoms with van der Waals surface area (Å²) in [6, 6.07) is 13.6. The molecule has 0 bridgehead atoms. The van der Waals surface area contributed by atoms with E-state index in [0.717, 1.165) is 6.42 Å². The lowest BCUT2D eigenvalue weighted by Crippen LogP contribution is -2.42. The average molecular weight is 263 g/mol. The van der Waals surface area contributed by atoms with Crippen LogP contribution < -0.4 is 5.32 Å². The Bertz CT molecular complexity index is 731. The zero-order chi connectivity index (χ0) is 14.1. The molecule has 2 atom stereocenters. The summed E-state index contributed by atoms with van der Waals surface area (Å²) in [5, 5.41) is 3.86. The number of rotatable bonds is 0. The molecule has 1 heterocycles. The molecule has 2 aromatic rings. The highest BCUT2D eigenvalue weighted by atomic mass is 15.1. The minimum Gasteiger partial charge on any atom is -0.374 e. The number of nitrogens with one attached hydrogen (secondary N) is 1. The predicted octanol–water partition coefficient (Wildman–Crippen LogP) is 4.46. The van der Waals surface area contributed by atoms with Gasteiger partial charge in [0.1, 0.15) is 0 Å². The normalized spacial score (nSPS) is 29.6. The van der Waals surface area contributed by atoms with E-state index in [4.69, 9.17) is 0 Å². The second kappa shape index (κ2) is 3.46. The summed E-state index contributed by atoms with van der Waals surface area (Å²) in [5.74, 6) is 0. The van der Waals surface area contributed by atoms with Crippen molar-refractivity contribution in [1.29, 1.82) is 0 Å². The van der Waals surface area contributed by atoms with Crippen molar-refractivity contribution in [2.24, 2.45) is 0 Å². The zero-order valence-electron chi connectivity index (χ0n) is 12.7. The van der Waals surface area contributed by atoms with Crippen molar-refractivity contribution in [3.05, 3.63) is 64.2 Å². The van der Waals surface area contributed by atoms with Crippen molar-refractivity contribution in [2.75, 3.05) is 5.32 Å². The number of hydrogen-bond donors (Lipinski definition) is 1. The van der Waals surface area contributed by atoms with Crippen LogP contribution in [0.3, 0.4) is 0 Å². The lowest BCUT2D eigenvalue weighted by atomic mass is 9.70. The predicted molar refractivity (Wildman–Crippen MR) is 84.4 cm³/mol. The van der Waals surface area contributed by atoms with Crippen LogP contribution in [0, 0.1) is 13.8 Å². The van der Waals surface area contributed by atoms with Gasteiger partial charge in [-0.3, -0.25) is 0 Å². The Hall–Kier alpha value is -1.76. The number of aryl methyl sites for hydroxylation is 2. The Morgan fingerprint density at radius 3 is 2.55 bits per heavy atom. The first-order chi connectivity index (χ1) is 9.46. The van der Waals surface area contributed by atoms with E-state index in [2.05, 4.69) is 69.4 Å². The Kier molecular flexibility index (Phi) is 2.08. The van der Waals surface area contributed by atoms with Crippen LogP contribution >= 0.6 is 0 Å². The summed E-state index contributed by atoms with van der Waals surface area (Å²) in [6.07, 6.45) is 1.13. The summed E-state index contributed by atoms with van der Waals surface area (Å²) >= 11 is 0. The van der Waals surface area contributed by atoms with Crippen molar-refractivity contribution < 1.29 is 0 Å². The fraction of sp³-hybridized carbons (Fsp3) is 0.368. The van der Waals surface area contributed by atoms with Crippen LogP contribution in [0.25, 0.3) is 0 Å². The molecule has 1 heteroatoms. The standard InChI is InChI=1S/C19H21N/c1-12-9-13(2)17-16(10-12)18(3)11-14-7-5-6-8-15(14)19(18,4)20-17/h5-10,20H,11H2,1-4H3. The van der Waals surface area contributed by atoms with E-state index < -0.39 is 0 Å². The zero-order valence-corrected chi connectivity index (χ0v) is 12.7. The molecule has 0 aromatic heterocycles. The minimum atomic E-state index is 0.0183. The minimum absolute atomic E-state index is 0.0183. The fourth-order valence-corrected chi connectivity index (χ4v) is 4.41. The van der Waals surface area contributed by atoms with E-state index in [1.54, 1.807) is 0 Å². The lowest BCUT2D eigenvalue weighted by molar-refractivity contribution is 0.341. The van der Waals surface area contributed by atoms with Gasteiger partial charge >= 0.3 is 0 Å². The Morgan fingerprint density at radius 2 is 1.75 bits per heavy atom. The van der Waals surface area contributed by atoms with Crippen molar-refractivity contribution in [1.82, 2.24) is 0 Å². The van der Waals surface area contributed by atoms with E-state index in [9.17, 15) is 0 Å². The molecule has 102 valence electrons. The van der Waals surface area contributed by atoms with Crippen LogP contribution in [0.2, 0.25) is 0 Å². The van der Waals surface area contributed by atoms with Crippen LogP contribution in [0.15, 0.2) is 36.4 Å². The van der Waals surface area contributed by atoms with Crippen LogP contribution in [0.4, 0.5) is 5.69 Å². The van der Waals surface area contributed by atoms with Crippen molar-refractivity contribution in [3.8, 4) is 0 Å². The number of benzene rings is 2. The van der Waals surface area contributed by atoms with Gasteiger partial charge in [-0.2, -0.15) is 0 Å². The van der Waals surface area contributed by atoms with Gasteiger partial charge in [0.25, 0.3) is 0 Å². The van der Waals surface area contributed by atoms with E-state index in [-0.39, 0.29) is 11.0 Å². The third-order valence-electron chi connectivity index (χ3n) is 5.65. The third-order valence-corrected chi connectivity index (χ3v) is 5.65. The molecular formula is C19H21N. The number of anilines is 1. The molecule has 1 aliphatic carbocycles. The molecule has 0 spiro atoms. The van der Waals surface area contributed by atoms with E-state index >= 15 is 0 Å². The maximum absolute atomic E-state index is 3.86. The van der Waals surface area contributed by atoms with Gasteiger partial charge in [0.15, 0.2) is 0 Å². The molecule has 0 saturated heterocycles. The van der Waals surface area contributed by atoms with Gasteiger partial charge in [-0.15, -0.1) is 0 Å². The Labute approximate surface area is 121 Å². The molecule has 1 N–H and O–H groups in total. The summed E-state index contributed by atoms with van der Waals surface area (Å²) in [5.41, 5.74) is 8.72. The first kappa shape index (κ1) is 12.0. The van der Waals surface area contributed by atoms with Gasteiger partial charge < -0.3 is 5.32 Å². The van der Waals surface area contributed by atoms with Gasteiger partial charge in [0.05, 0.1) is 5.54 Å². The molecule has 0 amide bonds.